The number of nitrogens with zero attached hydrogens (tertiary/aromatic N) is 3. The van der Waals surface area contributed by atoms with Crippen molar-refractivity contribution in [2.24, 2.45) is 16.8 Å². The van der Waals surface area contributed by atoms with Crippen LogP contribution < -0.4 is 0 Å². The fourth-order valence-electron chi connectivity index (χ4n) is 4.39. The van der Waals surface area contributed by atoms with Crippen LogP contribution in [-0.4, -0.2) is 36.8 Å². The monoisotopic (exact) mass is 449 g/mol. The molecule has 0 aromatic carbocycles. The van der Waals surface area contributed by atoms with Gasteiger partial charge in [-0.1, -0.05) is 26.0 Å². The Hall–Kier alpha value is -2.26. The van der Waals surface area contributed by atoms with Gasteiger partial charge >= 0.3 is 0 Å². The molecular weight excluding hydrogens is 421 g/mol. The Balaban J connectivity index is 1.75. The van der Waals surface area contributed by atoms with Gasteiger partial charge in [-0.3, -0.25) is 0 Å². The Bertz CT molecular complexity index is 1010. The zero-order valence-electron chi connectivity index (χ0n) is 17.9. The van der Waals surface area contributed by atoms with Crippen molar-refractivity contribution in [1.82, 2.24) is 9.55 Å². The SMILES string of the molecule is C=C1CC(CC)C(F)=Nc2c1nc(CC1=CC3=C(CC1CC)OCO3)n2CCS(=O)O. The molecule has 3 atom stereocenters. The van der Waals surface area contributed by atoms with Crippen molar-refractivity contribution in [3.63, 3.8) is 0 Å². The summed E-state index contributed by atoms with van der Waals surface area (Å²) in [5, 5.41) is 0. The second kappa shape index (κ2) is 9.08. The number of allylic oxidation sites excluding steroid dienone is 4. The van der Waals surface area contributed by atoms with E-state index in [2.05, 4.69) is 18.5 Å². The lowest BCUT2D eigenvalue weighted by molar-refractivity contribution is 0.0717. The van der Waals surface area contributed by atoms with Crippen LogP contribution >= 0.6 is 0 Å². The van der Waals surface area contributed by atoms with Gasteiger partial charge in [0.15, 0.2) is 28.6 Å². The van der Waals surface area contributed by atoms with Crippen molar-refractivity contribution >= 4 is 28.4 Å². The molecule has 0 amide bonds. The first-order valence-corrected chi connectivity index (χ1v) is 12.0. The van der Waals surface area contributed by atoms with Gasteiger partial charge in [0.2, 0.25) is 6.79 Å². The Morgan fingerprint density at radius 3 is 2.77 bits per heavy atom. The van der Waals surface area contributed by atoms with Gasteiger partial charge < -0.3 is 18.6 Å². The number of fused-ring (bicyclic) bond motifs is 1. The molecule has 0 fully saturated rings. The molecule has 0 saturated carbocycles. The van der Waals surface area contributed by atoms with E-state index in [1.165, 1.54) is 0 Å². The van der Waals surface area contributed by atoms with Gasteiger partial charge in [-0.15, -0.1) is 0 Å². The smallest absolute Gasteiger partial charge is 0.230 e. The minimum Gasteiger partial charge on any atom is -0.458 e. The molecule has 3 unspecified atom stereocenters. The zero-order valence-corrected chi connectivity index (χ0v) is 18.7. The summed E-state index contributed by atoms with van der Waals surface area (Å²) in [5.41, 5.74) is 2.47. The molecule has 4 rings (SSSR count). The molecule has 0 saturated heterocycles. The van der Waals surface area contributed by atoms with Crippen LogP contribution in [0.2, 0.25) is 0 Å². The van der Waals surface area contributed by atoms with E-state index >= 15 is 0 Å². The Kier molecular flexibility index (Phi) is 6.43. The number of hydrogen-bond acceptors (Lipinski definition) is 5. The van der Waals surface area contributed by atoms with Crippen molar-refractivity contribution in [2.75, 3.05) is 12.5 Å². The van der Waals surface area contributed by atoms with Crippen LogP contribution in [0.4, 0.5) is 10.2 Å². The highest BCUT2D eigenvalue weighted by Gasteiger charge is 2.31. The third kappa shape index (κ3) is 4.39. The minimum absolute atomic E-state index is 0.0130. The molecule has 0 spiro atoms. The van der Waals surface area contributed by atoms with Crippen LogP contribution in [-0.2, 0) is 33.5 Å². The summed E-state index contributed by atoms with van der Waals surface area (Å²) in [6, 6.07) is 0. The molecule has 7 nitrogen and oxygen atoms in total. The van der Waals surface area contributed by atoms with Gasteiger partial charge in [-0.25, -0.2) is 14.2 Å². The van der Waals surface area contributed by atoms with Gasteiger partial charge in [0, 0.05) is 25.3 Å². The standard InChI is InChI=1S/C22H28FN3O4S/c1-4-14-9-17-18(30-12-29-17)10-16(14)11-19-24-20-13(3)8-15(5-2)21(23)25-22(20)26(19)6-7-31(27)28/h10,14-15H,3-9,11-12H2,1-2H3,(H,27,28). The second-order valence-corrected chi connectivity index (χ2v) is 9.18. The summed E-state index contributed by atoms with van der Waals surface area (Å²) >= 11 is -1.98. The number of aliphatic imine (C=N–C) groups is 1. The molecule has 1 aliphatic carbocycles. The van der Waals surface area contributed by atoms with Crippen LogP contribution in [0.15, 0.2) is 34.7 Å². The van der Waals surface area contributed by atoms with Gasteiger partial charge in [0.25, 0.3) is 0 Å². The first-order chi connectivity index (χ1) is 14.9. The summed E-state index contributed by atoms with van der Waals surface area (Å²) in [6.07, 6.45) is 5.33. The summed E-state index contributed by atoms with van der Waals surface area (Å²) in [6.45, 7) is 8.64. The van der Waals surface area contributed by atoms with Crippen LogP contribution in [0.5, 0.6) is 0 Å². The number of ether oxygens (including phenoxy) is 2. The lowest BCUT2D eigenvalue weighted by atomic mass is 9.85. The maximum atomic E-state index is 14.8. The average molecular weight is 450 g/mol. The van der Waals surface area contributed by atoms with E-state index in [9.17, 15) is 13.2 Å². The third-order valence-corrected chi connectivity index (χ3v) is 6.76. The first kappa shape index (κ1) is 22.0. The lowest BCUT2D eigenvalue weighted by Gasteiger charge is -2.23. The molecule has 0 radical (unpaired) electrons. The Morgan fingerprint density at radius 1 is 1.29 bits per heavy atom. The quantitative estimate of drug-likeness (QED) is 0.612. The van der Waals surface area contributed by atoms with Crippen LogP contribution in [0.1, 0.15) is 51.0 Å². The molecule has 31 heavy (non-hydrogen) atoms. The molecule has 0 bridgehead atoms. The van der Waals surface area contributed by atoms with E-state index < -0.39 is 17.0 Å². The molecule has 168 valence electrons. The number of imidazole rings is 1. The lowest BCUT2D eigenvalue weighted by Crippen LogP contribution is -2.16. The van der Waals surface area contributed by atoms with Gasteiger partial charge in [0.05, 0.1) is 5.75 Å². The fraction of sp³-hybridized carbons (Fsp3) is 0.545. The molecule has 1 N–H and O–H groups in total. The number of aromatic nitrogens is 2. The summed E-state index contributed by atoms with van der Waals surface area (Å²) < 4.78 is 48.4. The number of halogens is 1. The fourth-order valence-corrected chi connectivity index (χ4v) is 4.72. The normalized spacial score (nSPS) is 23.9. The maximum absolute atomic E-state index is 14.8. The number of hydrogen-bond donors (Lipinski definition) is 1. The van der Waals surface area contributed by atoms with E-state index in [1.807, 2.05) is 13.0 Å². The van der Waals surface area contributed by atoms with Gasteiger partial charge in [0.1, 0.15) is 17.3 Å². The van der Waals surface area contributed by atoms with Crippen molar-refractivity contribution in [1.29, 1.82) is 0 Å². The maximum Gasteiger partial charge on any atom is 0.230 e. The Morgan fingerprint density at radius 2 is 2.06 bits per heavy atom. The minimum atomic E-state index is -1.98. The van der Waals surface area contributed by atoms with E-state index in [4.69, 9.17) is 14.5 Å². The molecular formula is C22H28FN3O4S. The average Bonchev–Trinajstić information content (AvgIpc) is 3.30. The highest BCUT2D eigenvalue weighted by atomic mass is 32.2. The predicted octanol–water partition coefficient (Wildman–Crippen LogP) is 4.66. The van der Waals surface area contributed by atoms with E-state index in [0.29, 0.717) is 36.6 Å². The van der Waals surface area contributed by atoms with E-state index in [1.54, 1.807) is 4.57 Å². The van der Waals surface area contributed by atoms with E-state index in [0.717, 1.165) is 35.5 Å². The molecule has 2 aliphatic heterocycles. The predicted molar refractivity (Wildman–Crippen MR) is 118 cm³/mol. The zero-order chi connectivity index (χ0) is 22.1. The molecule has 1 aromatic rings. The largest absolute Gasteiger partial charge is 0.458 e. The van der Waals surface area contributed by atoms with Crippen molar-refractivity contribution in [3.8, 4) is 0 Å². The summed E-state index contributed by atoms with van der Waals surface area (Å²) in [5.74, 6) is 2.27. The van der Waals surface area contributed by atoms with Crippen LogP contribution in [0, 0.1) is 11.8 Å². The second-order valence-electron chi connectivity index (χ2n) is 8.12. The molecule has 1 aromatic heterocycles. The highest BCUT2D eigenvalue weighted by Crippen LogP contribution is 2.40. The first-order valence-electron chi connectivity index (χ1n) is 10.7. The molecule has 3 heterocycles. The topological polar surface area (TPSA) is 85.9 Å². The summed E-state index contributed by atoms with van der Waals surface area (Å²) in [7, 11) is 0. The number of rotatable bonds is 7. The Labute approximate surface area is 184 Å². The molecule has 9 heteroatoms. The van der Waals surface area contributed by atoms with Crippen molar-refractivity contribution in [2.45, 2.75) is 52.5 Å². The van der Waals surface area contributed by atoms with Crippen LogP contribution in [0.25, 0.3) is 5.57 Å². The van der Waals surface area contributed by atoms with Crippen molar-refractivity contribution < 1.29 is 22.6 Å². The third-order valence-electron chi connectivity index (χ3n) is 6.23. The van der Waals surface area contributed by atoms with Crippen LogP contribution in [0.3, 0.4) is 0 Å². The van der Waals surface area contributed by atoms with E-state index in [-0.39, 0.29) is 30.9 Å². The summed E-state index contributed by atoms with van der Waals surface area (Å²) in [4.78, 5) is 9.06. The van der Waals surface area contributed by atoms with Gasteiger partial charge in [-0.2, -0.15) is 4.39 Å². The van der Waals surface area contributed by atoms with Crippen molar-refractivity contribution in [3.05, 3.63) is 41.3 Å². The van der Waals surface area contributed by atoms with Gasteiger partial charge in [-0.05, 0) is 36.8 Å². The molecule has 3 aliphatic rings. The highest BCUT2D eigenvalue weighted by molar-refractivity contribution is 7.79.